The lowest BCUT2D eigenvalue weighted by atomic mass is 10.2. The largest absolute Gasteiger partial charge is 0.461 e. The van der Waals surface area contributed by atoms with Gasteiger partial charge in [0.15, 0.2) is 0 Å². The molecule has 0 aliphatic carbocycles. The minimum Gasteiger partial charge on any atom is -0.461 e. The molecular formula is C12H10N2O4. The molecule has 1 aromatic carbocycles. The summed E-state index contributed by atoms with van der Waals surface area (Å²) in [7, 11) is 0. The van der Waals surface area contributed by atoms with Crippen LogP contribution in [0.4, 0.5) is 5.69 Å². The van der Waals surface area contributed by atoms with Gasteiger partial charge in [-0.1, -0.05) is 18.2 Å². The monoisotopic (exact) mass is 246 g/mol. The second-order valence-corrected chi connectivity index (χ2v) is 3.45. The van der Waals surface area contributed by atoms with E-state index in [1.165, 1.54) is 0 Å². The van der Waals surface area contributed by atoms with Crippen LogP contribution in [0, 0.1) is 0 Å². The fourth-order valence-electron chi connectivity index (χ4n) is 1.47. The molecule has 1 heterocycles. The highest BCUT2D eigenvalue weighted by molar-refractivity contribution is 6.81. The molecule has 0 aromatic heterocycles. The van der Waals surface area contributed by atoms with Crippen molar-refractivity contribution >= 4 is 29.1 Å². The lowest BCUT2D eigenvalue weighted by molar-refractivity contribution is -0.137. The number of nitrogens with zero attached hydrogens (tertiary/aromatic N) is 2. The fraction of sp³-hybridized carbons (Fsp3) is 0.167. The minimum absolute atomic E-state index is 0.116. The molecule has 0 bridgehead atoms. The van der Waals surface area contributed by atoms with Crippen LogP contribution in [-0.4, -0.2) is 30.0 Å². The zero-order chi connectivity index (χ0) is 13.1. The van der Waals surface area contributed by atoms with Gasteiger partial charge in [-0.2, -0.15) is 10.1 Å². The van der Waals surface area contributed by atoms with Crippen LogP contribution in [0.15, 0.2) is 35.4 Å². The number of hydrogen-bond acceptors (Lipinski definition) is 5. The Morgan fingerprint density at radius 1 is 1.28 bits per heavy atom. The van der Waals surface area contributed by atoms with E-state index >= 15 is 0 Å². The Labute approximate surface area is 103 Å². The third-order valence-electron chi connectivity index (χ3n) is 2.27. The summed E-state index contributed by atoms with van der Waals surface area (Å²) in [4.78, 5) is 34.7. The van der Waals surface area contributed by atoms with Crippen molar-refractivity contribution < 1.29 is 19.1 Å². The average Bonchev–Trinajstić information content (AvgIpc) is 2.68. The second-order valence-electron chi connectivity index (χ2n) is 3.45. The van der Waals surface area contributed by atoms with Crippen LogP contribution in [0.25, 0.3) is 0 Å². The topological polar surface area (TPSA) is 76.0 Å². The lowest BCUT2D eigenvalue weighted by Crippen LogP contribution is -2.30. The lowest BCUT2D eigenvalue weighted by Gasteiger charge is -2.09. The van der Waals surface area contributed by atoms with Gasteiger partial charge in [0.25, 0.3) is 5.78 Å². The number of carbonyl (C=O) groups excluding carboxylic acids is 3. The molecule has 92 valence electrons. The molecule has 0 N–H and O–H groups in total. The van der Waals surface area contributed by atoms with Gasteiger partial charge in [-0.05, 0) is 19.1 Å². The number of carbonyl (C=O) groups is 3. The van der Waals surface area contributed by atoms with Crippen molar-refractivity contribution in [2.75, 3.05) is 11.6 Å². The summed E-state index contributed by atoms with van der Waals surface area (Å²) in [5.74, 6) is -2.68. The number of amides is 1. The maximum atomic E-state index is 11.7. The van der Waals surface area contributed by atoms with Gasteiger partial charge in [-0.25, -0.2) is 4.79 Å². The summed E-state index contributed by atoms with van der Waals surface area (Å²) < 4.78 is 4.66. The van der Waals surface area contributed by atoms with Gasteiger partial charge >= 0.3 is 11.9 Å². The number of rotatable bonds is 3. The highest BCUT2D eigenvalue weighted by Crippen LogP contribution is 2.18. The first kappa shape index (κ1) is 12.0. The maximum absolute atomic E-state index is 11.7. The summed E-state index contributed by atoms with van der Waals surface area (Å²) in [6.45, 7) is 1.72. The second kappa shape index (κ2) is 4.79. The molecule has 18 heavy (non-hydrogen) atoms. The summed E-state index contributed by atoms with van der Waals surface area (Å²) in [6.07, 6.45) is 0. The van der Waals surface area contributed by atoms with E-state index < -0.39 is 23.4 Å². The van der Waals surface area contributed by atoms with Crippen LogP contribution in [0.2, 0.25) is 0 Å². The molecule has 0 atom stereocenters. The molecule has 0 saturated heterocycles. The minimum atomic E-state index is -0.947. The first-order chi connectivity index (χ1) is 8.65. The van der Waals surface area contributed by atoms with Crippen LogP contribution in [-0.2, 0) is 19.1 Å². The Bertz CT molecular complexity index is 536. The third-order valence-corrected chi connectivity index (χ3v) is 2.27. The zero-order valence-corrected chi connectivity index (χ0v) is 9.62. The number of anilines is 1. The van der Waals surface area contributed by atoms with E-state index in [2.05, 4.69) is 9.84 Å². The van der Waals surface area contributed by atoms with Crippen molar-refractivity contribution in [1.82, 2.24) is 0 Å². The molecule has 0 saturated carbocycles. The molecule has 1 aromatic rings. The summed E-state index contributed by atoms with van der Waals surface area (Å²) in [5, 5.41) is 4.61. The Kier molecular flexibility index (Phi) is 3.18. The van der Waals surface area contributed by atoms with Gasteiger partial charge in [0.2, 0.25) is 5.71 Å². The molecule has 1 aliphatic rings. The summed E-state index contributed by atoms with van der Waals surface area (Å²) >= 11 is 0. The van der Waals surface area contributed by atoms with Crippen molar-refractivity contribution in [3.63, 3.8) is 0 Å². The van der Waals surface area contributed by atoms with Gasteiger partial charge in [0.1, 0.15) is 0 Å². The summed E-state index contributed by atoms with van der Waals surface area (Å²) in [5.41, 5.74) is -0.0548. The molecule has 2 rings (SSSR count). The average molecular weight is 246 g/mol. The smallest absolute Gasteiger partial charge is 0.363 e. The van der Waals surface area contributed by atoms with Crippen molar-refractivity contribution in [2.45, 2.75) is 6.92 Å². The number of hydrazone groups is 1. The predicted molar refractivity (Wildman–Crippen MR) is 63.0 cm³/mol. The van der Waals surface area contributed by atoms with Crippen molar-refractivity contribution in [2.24, 2.45) is 5.10 Å². The van der Waals surface area contributed by atoms with E-state index in [0.717, 1.165) is 5.01 Å². The first-order valence-corrected chi connectivity index (χ1v) is 5.34. The van der Waals surface area contributed by atoms with Crippen LogP contribution < -0.4 is 5.01 Å². The predicted octanol–water partition coefficient (Wildman–Crippen LogP) is 0.521. The van der Waals surface area contributed by atoms with E-state index in [1.54, 1.807) is 37.3 Å². The Morgan fingerprint density at radius 2 is 1.94 bits per heavy atom. The van der Waals surface area contributed by atoms with E-state index in [1.807, 2.05) is 0 Å². The van der Waals surface area contributed by atoms with Gasteiger partial charge in [0.05, 0.1) is 12.3 Å². The molecule has 0 radical (unpaired) electrons. The van der Waals surface area contributed by atoms with Crippen LogP contribution >= 0.6 is 0 Å². The first-order valence-electron chi connectivity index (χ1n) is 5.34. The normalized spacial score (nSPS) is 14.7. The number of benzene rings is 1. The third kappa shape index (κ3) is 2.00. The Hall–Kier alpha value is -2.50. The highest BCUT2D eigenvalue weighted by Gasteiger charge is 2.39. The SMILES string of the molecule is CCOC(=O)C1=NN(c2ccccc2)C(=O)C1=O. The van der Waals surface area contributed by atoms with Gasteiger partial charge < -0.3 is 4.74 Å². The molecule has 0 unspecified atom stereocenters. The van der Waals surface area contributed by atoms with E-state index in [9.17, 15) is 14.4 Å². The molecule has 0 fully saturated rings. The van der Waals surface area contributed by atoms with Crippen LogP contribution in [0.3, 0.4) is 0 Å². The van der Waals surface area contributed by atoms with Crippen LogP contribution in [0.5, 0.6) is 0 Å². The van der Waals surface area contributed by atoms with Crippen molar-refractivity contribution in [3.8, 4) is 0 Å². The summed E-state index contributed by atoms with van der Waals surface area (Å²) in [6, 6.07) is 8.39. The number of esters is 1. The van der Waals surface area contributed by atoms with E-state index in [0.29, 0.717) is 5.69 Å². The molecular weight excluding hydrogens is 236 g/mol. The molecule has 0 spiro atoms. The quantitative estimate of drug-likeness (QED) is 0.575. The van der Waals surface area contributed by atoms with Gasteiger partial charge in [-0.15, -0.1) is 0 Å². The van der Waals surface area contributed by atoms with Crippen molar-refractivity contribution in [3.05, 3.63) is 30.3 Å². The number of Topliss-reactive ketones (excluding diaryl/α,β-unsaturated/α-hetero) is 1. The molecule has 6 nitrogen and oxygen atoms in total. The highest BCUT2D eigenvalue weighted by atomic mass is 16.5. The van der Waals surface area contributed by atoms with Crippen molar-refractivity contribution in [1.29, 1.82) is 0 Å². The number of para-hydroxylation sites is 1. The Morgan fingerprint density at radius 3 is 2.56 bits per heavy atom. The fourth-order valence-corrected chi connectivity index (χ4v) is 1.47. The van der Waals surface area contributed by atoms with E-state index in [-0.39, 0.29) is 6.61 Å². The van der Waals surface area contributed by atoms with E-state index in [4.69, 9.17) is 0 Å². The standard InChI is InChI=1S/C12H10N2O4/c1-2-18-12(17)9-10(15)11(16)14(13-9)8-6-4-3-5-7-8/h3-7H,2H2,1H3. The molecule has 1 aliphatic heterocycles. The number of ketones is 1. The van der Waals surface area contributed by atoms with Gasteiger partial charge in [-0.3, -0.25) is 9.59 Å². The molecule has 6 heteroatoms. The zero-order valence-electron chi connectivity index (χ0n) is 9.62. The maximum Gasteiger partial charge on any atom is 0.363 e. The van der Waals surface area contributed by atoms with Crippen LogP contribution in [0.1, 0.15) is 6.92 Å². The Balaban J connectivity index is 2.32. The molecule has 1 amide bonds. The number of ether oxygens (including phenoxy) is 1. The number of hydrogen-bond donors (Lipinski definition) is 0. The van der Waals surface area contributed by atoms with Gasteiger partial charge in [0, 0.05) is 0 Å².